The van der Waals surface area contributed by atoms with E-state index in [1.165, 1.54) is 6.20 Å². The van der Waals surface area contributed by atoms with Gasteiger partial charge in [0, 0.05) is 35.0 Å². The molecule has 0 spiro atoms. The molecule has 2 unspecified atom stereocenters. The number of carbonyl (C=O) groups excluding carboxylic acids is 1. The molecular formula is C11H17N3O2S. The first kappa shape index (κ1) is 13.6. The van der Waals surface area contributed by atoms with Crippen molar-refractivity contribution in [1.29, 1.82) is 0 Å². The number of hydrogen-bond donors (Lipinski definition) is 2. The Kier molecular flexibility index (Phi) is 5.09. The summed E-state index contributed by atoms with van der Waals surface area (Å²) in [4.78, 5) is 15.5. The lowest BCUT2D eigenvalue weighted by Crippen LogP contribution is -2.27. The van der Waals surface area contributed by atoms with Gasteiger partial charge in [-0.1, -0.05) is 6.92 Å². The van der Waals surface area contributed by atoms with Crippen molar-refractivity contribution in [3.63, 3.8) is 0 Å². The van der Waals surface area contributed by atoms with Crippen LogP contribution < -0.4 is 11.1 Å². The molecule has 0 aliphatic carbocycles. The molecule has 5 nitrogen and oxygen atoms in total. The van der Waals surface area contributed by atoms with Crippen molar-refractivity contribution in [3.8, 4) is 0 Å². The maximum atomic E-state index is 11.6. The van der Waals surface area contributed by atoms with E-state index in [-0.39, 0.29) is 11.2 Å². The number of nitrogens with two attached hydrogens (primary N) is 1. The Morgan fingerprint density at radius 1 is 1.59 bits per heavy atom. The third-order valence-corrected chi connectivity index (χ3v) is 3.82. The van der Waals surface area contributed by atoms with Crippen molar-refractivity contribution in [1.82, 2.24) is 10.3 Å². The zero-order valence-corrected chi connectivity index (χ0v) is 10.8. The van der Waals surface area contributed by atoms with Crippen LogP contribution in [0.1, 0.15) is 23.7 Å². The minimum absolute atomic E-state index is 0.0832. The van der Waals surface area contributed by atoms with Gasteiger partial charge in [0.05, 0.1) is 5.56 Å². The minimum atomic E-state index is -0.853. The van der Waals surface area contributed by atoms with Gasteiger partial charge in [0.1, 0.15) is 5.82 Å². The average molecular weight is 255 g/mol. The highest BCUT2D eigenvalue weighted by molar-refractivity contribution is 7.84. The summed E-state index contributed by atoms with van der Waals surface area (Å²) in [5, 5.41) is 2.83. The predicted molar refractivity (Wildman–Crippen MR) is 69.1 cm³/mol. The number of carbonyl (C=O) groups is 1. The largest absolute Gasteiger partial charge is 0.384 e. The minimum Gasteiger partial charge on any atom is -0.384 e. The molecule has 0 saturated carbocycles. The Hall–Kier alpha value is -1.43. The van der Waals surface area contributed by atoms with Crippen molar-refractivity contribution in [3.05, 3.63) is 23.9 Å². The van der Waals surface area contributed by atoms with Crippen LogP contribution in [-0.4, -0.2) is 33.2 Å². The number of nitrogens with zero attached hydrogens (tertiary/aromatic N) is 1. The first-order valence-electron chi connectivity index (χ1n) is 5.32. The lowest BCUT2D eigenvalue weighted by Gasteiger charge is -2.09. The fourth-order valence-corrected chi connectivity index (χ4v) is 1.65. The van der Waals surface area contributed by atoms with Crippen LogP contribution in [0.4, 0.5) is 5.82 Å². The van der Waals surface area contributed by atoms with E-state index in [1.807, 2.05) is 6.92 Å². The van der Waals surface area contributed by atoms with Crippen LogP contribution in [0.15, 0.2) is 18.3 Å². The van der Waals surface area contributed by atoms with Gasteiger partial charge in [0.25, 0.3) is 5.91 Å². The topological polar surface area (TPSA) is 85.1 Å². The molecule has 0 saturated heterocycles. The molecule has 1 aromatic heterocycles. The van der Waals surface area contributed by atoms with Crippen molar-refractivity contribution in [2.45, 2.75) is 18.6 Å². The highest BCUT2D eigenvalue weighted by Crippen LogP contribution is 2.02. The van der Waals surface area contributed by atoms with Gasteiger partial charge >= 0.3 is 0 Å². The molecule has 0 aromatic carbocycles. The quantitative estimate of drug-likeness (QED) is 0.804. The Labute approximate surface area is 103 Å². The van der Waals surface area contributed by atoms with Crippen LogP contribution in [0.2, 0.25) is 0 Å². The SMILES string of the molecule is CC(CCNC(=O)c1ccc(N)nc1)S(C)=O. The van der Waals surface area contributed by atoms with Gasteiger partial charge in [-0.2, -0.15) is 0 Å². The summed E-state index contributed by atoms with van der Waals surface area (Å²) in [7, 11) is -0.853. The summed E-state index contributed by atoms with van der Waals surface area (Å²) in [6.45, 7) is 2.40. The molecule has 0 fully saturated rings. The Balaban J connectivity index is 2.40. The van der Waals surface area contributed by atoms with Crippen LogP contribution in [0.3, 0.4) is 0 Å². The average Bonchev–Trinajstić information content (AvgIpc) is 2.29. The molecule has 0 aliphatic heterocycles. The summed E-state index contributed by atoms with van der Waals surface area (Å²) in [6, 6.07) is 3.21. The molecule has 94 valence electrons. The van der Waals surface area contributed by atoms with E-state index in [2.05, 4.69) is 10.3 Å². The van der Waals surface area contributed by atoms with E-state index in [0.29, 0.717) is 24.3 Å². The molecule has 17 heavy (non-hydrogen) atoms. The third kappa shape index (κ3) is 4.52. The molecule has 0 aliphatic rings. The fourth-order valence-electron chi connectivity index (χ4n) is 1.20. The predicted octanol–water partition coefficient (Wildman–Crippen LogP) is 0.551. The number of amides is 1. The summed E-state index contributed by atoms with van der Waals surface area (Å²) < 4.78 is 11.1. The molecule has 1 amide bonds. The summed E-state index contributed by atoms with van der Waals surface area (Å²) >= 11 is 0. The van der Waals surface area contributed by atoms with E-state index < -0.39 is 10.8 Å². The zero-order valence-electron chi connectivity index (χ0n) is 9.97. The normalized spacial score (nSPS) is 14.0. The second-order valence-electron chi connectivity index (χ2n) is 3.83. The summed E-state index contributed by atoms with van der Waals surface area (Å²) in [6.07, 6.45) is 3.79. The standard InChI is InChI=1S/C11H17N3O2S/c1-8(17(2)16)5-6-13-11(15)9-3-4-10(12)14-7-9/h3-4,7-8H,5-6H2,1-2H3,(H2,12,14)(H,13,15). The first-order chi connectivity index (χ1) is 8.00. The number of rotatable bonds is 5. The van der Waals surface area contributed by atoms with Gasteiger partial charge in [-0.15, -0.1) is 0 Å². The molecule has 1 rings (SSSR count). The van der Waals surface area contributed by atoms with Gasteiger partial charge < -0.3 is 11.1 Å². The number of aromatic nitrogens is 1. The monoisotopic (exact) mass is 255 g/mol. The number of hydrogen-bond acceptors (Lipinski definition) is 4. The molecular weight excluding hydrogens is 238 g/mol. The lowest BCUT2D eigenvalue weighted by atomic mass is 10.2. The number of nitrogen functional groups attached to an aromatic ring is 1. The fraction of sp³-hybridized carbons (Fsp3) is 0.455. The molecule has 0 bridgehead atoms. The number of pyridine rings is 1. The Morgan fingerprint density at radius 2 is 2.29 bits per heavy atom. The van der Waals surface area contributed by atoms with E-state index in [4.69, 9.17) is 5.73 Å². The Bertz CT molecular complexity index is 406. The smallest absolute Gasteiger partial charge is 0.252 e. The van der Waals surface area contributed by atoms with E-state index >= 15 is 0 Å². The van der Waals surface area contributed by atoms with Gasteiger partial charge in [-0.25, -0.2) is 4.98 Å². The van der Waals surface area contributed by atoms with Crippen LogP contribution in [0.25, 0.3) is 0 Å². The van der Waals surface area contributed by atoms with Gasteiger partial charge in [0.2, 0.25) is 0 Å². The van der Waals surface area contributed by atoms with Crippen LogP contribution in [0.5, 0.6) is 0 Å². The van der Waals surface area contributed by atoms with Crippen LogP contribution in [0, 0.1) is 0 Å². The highest BCUT2D eigenvalue weighted by atomic mass is 32.2. The Morgan fingerprint density at radius 3 is 2.82 bits per heavy atom. The lowest BCUT2D eigenvalue weighted by molar-refractivity contribution is 0.0953. The maximum Gasteiger partial charge on any atom is 0.252 e. The second kappa shape index (κ2) is 6.34. The van der Waals surface area contributed by atoms with E-state index in [9.17, 15) is 9.00 Å². The van der Waals surface area contributed by atoms with Crippen LogP contribution >= 0.6 is 0 Å². The summed E-state index contributed by atoms with van der Waals surface area (Å²) in [5.74, 6) is 0.197. The molecule has 1 aromatic rings. The molecule has 6 heteroatoms. The van der Waals surface area contributed by atoms with Crippen molar-refractivity contribution < 1.29 is 9.00 Å². The highest BCUT2D eigenvalue weighted by Gasteiger charge is 2.08. The van der Waals surface area contributed by atoms with Crippen LogP contribution in [-0.2, 0) is 10.8 Å². The molecule has 0 radical (unpaired) electrons. The summed E-state index contributed by atoms with van der Waals surface area (Å²) in [5.41, 5.74) is 5.90. The van der Waals surface area contributed by atoms with Gasteiger partial charge in [0.15, 0.2) is 0 Å². The number of nitrogens with one attached hydrogen (secondary N) is 1. The van der Waals surface area contributed by atoms with Crippen molar-refractivity contribution in [2.75, 3.05) is 18.5 Å². The van der Waals surface area contributed by atoms with Gasteiger partial charge in [-0.05, 0) is 18.6 Å². The molecule has 2 atom stereocenters. The molecule has 3 N–H and O–H groups in total. The van der Waals surface area contributed by atoms with Crippen molar-refractivity contribution >= 4 is 22.5 Å². The maximum absolute atomic E-state index is 11.6. The van der Waals surface area contributed by atoms with Crippen molar-refractivity contribution in [2.24, 2.45) is 0 Å². The number of anilines is 1. The first-order valence-corrected chi connectivity index (χ1v) is 6.94. The second-order valence-corrected chi connectivity index (χ2v) is 5.63. The molecule has 1 heterocycles. The third-order valence-electron chi connectivity index (χ3n) is 2.45. The van der Waals surface area contributed by atoms with E-state index in [1.54, 1.807) is 18.4 Å². The van der Waals surface area contributed by atoms with Gasteiger partial charge in [-0.3, -0.25) is 9.00 Å². The zero-order chi connectivity index (χ0) is 12.8. The van der Waals surface area contributed by atoms with E-state index in [0.717, 1.165) is 0 Å².